The molecule has 0 atom stereocenters. The summed E-state index contributed by atoms with van der Waals surface area (Å²) in [6.45, 7) is 3.00. The van der Waals surface area contributed by atoms with Crippen LogP contribution in [0.2, 0.25) is 0 Å². The van der Waals surface area contributed by atoms with Gasteiger partial charge >= 0.3 is 5.97 Å². The number of hydrogen-bond donors (Lipinski definition) is 0. The summed E-state index contributed by atoms with van der Waals surface area (Å²) in [5, 5.41) is 8.86. The summed E-state index contributed by atoms with van der Waals surface area (Å²) in [5.74, 6) is -0.697. The average molecular weight is 337 g/mol. The van der Waals surface area contributed by atoms with Crippen molar-refractivity contribution in [2.24, 2.45) is 0 Å². The Hall–Kier alpha value is -3.20. The molecule has 1 aromatic heterocycles. The summed E-state index contributed by atoms with van der Waals surface area (Å²) in [6.07, 6.45) is 2.15. The monoisotopic (exact) mass is 337 g/mol. The lowest BCUT2D eigenvalue weighted by Crippen LogP contribution is -2.32. The second-order valence-corrected chi connectivity index (χ2v) is 5.46. The highest BCUT2D eigenvalue weighted by atomic mass is 16.5. The van der Waals surface area contributed by atoms with Crippen LogP contribution in [-0.2, 0) is 11.3 Å². The molecule has 2 rings (SSSR count). The number of carbonyl (C=O) groups excluding carboxylic acids is 2. The Bertz CT molecular complexity index is 777. The van der Waals surface area contributed by atoms with Gasteiger partial charge in [0.25, 0.3) is 5.91 Å². The Labute approximate surface area is 146 Å². The van der Waals surface area contributed by atoms with E-state index < -0.39 is 5.97 Å². The van der Waals surface area contributed by atoms with Crippen LogP contribution in [0.1, 0.15) is 45.3 Å². The zero-order chi connectivity index (χ0) is 18.2. The zero-order valence-corrected chi connectivity index (χ0v) is 14.2. The van der Waals surface area contributed by atoms with Crippen molar-refractivity contribution in [1.29, 1.82) is 5.26 Å². The van der Waals surface area contributed by atoms with Gasteiger partial charge in [-0.3, -0.25) is 9.78 Å². The Morgan fingerprint density at radius 1 is 1.20 bits per heavy atom. The quantitative estimate of drug-likeness (QED) is 0.757. The minimum atomic E-state index is -0.491. The summed E-state index contributed by atoms with van der Waals surface area (Å²) < 4.78 is 4.62. The van der Waals surface area contributed by atoms with E-state index in [1.54, 1.807) is 17.0 Å². The second kappa shape index (κ2) is 8.60. The molecular formula is C19H19N3O3. The molecule has 6 nitrogen and oxygen atoms in total. The normalized spacial score (nSPS) is 9.96. The predicted molar refractivity (Wildman–Crippen MR) is 91.8 cm³/mol. The van der Waals surface area contributed by atoms with Crippen LogP contribution < -0.4 is 0 Å². The topological polar surface area (TPSA) is 83.3 Å². The van der Waals surface area contributed by atoms with Gasteiger partial charge in [0.15, 0.2) is 0 Å². The molecule has 0 N–H and O–H groups in total. The molecule has 1 aromatic carbocycles. The van der Waals surface area contributed by atoms with Gasteiger partial charge in [0.2, 0.25) is 0 Å². The first-order valence-corrected chi connectivity index (χ1v) is 7.91. The van der Waals surface area contributed by atoms with Crippen molar-refractivity contribution in [3.05, 3.63) is 65.0 Å². The zero-order valence-electron chi connectivity index (χ0n) is 14.2. The van der Waals surface area contributed by atoms with Crippen LogP contribution in [0.25, 0.3) is 0 Å². The molecule has 6 heteroatoms. The van der Waals surface area contributed by atoms with Gasteiger partial charge in [0.05, 0.1) is 24.3 Å². The summed E-state index contributed by atoms with van der Waals surface area (Å²) in [6, 6.07) is 12.3. The predicted octanol–water partition coefficient (Wildman–Crippen LogP) is 2.79. The van der Waals surface area contributed by atoms with Gasteiger partial charge in [-0.1, -0.05) is 19.1 Å². The smallest absolute Gasteiger partial charge is 0.339 e. The first-order valence-electron chi connectivity index (χ1n) is 7.91. The first kappa shape index (κ1) is 18.1. The number of esters is 1. The minimum absolute atomic E-state index is 0.206. The number of amides is 1. The number of carbonyl (C=O) groups is 2. The number of benzene rings is 1. The van der Waals surface area contributed by atoms with Gasteiger partial charge in [-0.2, -0.15) is 5.26 Å². The second-order valence-electron chi connectivity index (χ2n) is 5.46. The molecule has 25 heavy (non-hydrogen) atoms. The molecule has 0 unspecified atom stereocenters. The minimum Gasteiger partial charge on any atom is -0.465 e. The third-order valence-electron chi connectivity index (χ3n) is 3.64. The first-order chi connectivity index (χ1) is 12.1. The van der Waals surface area contributed by atoms with E-state index in [2.05, 4.69) is 15.8 Å². The van der Waals surface area contributed by atoms with E-state index in [0.29, 0.717) is 24.2 Å². The highest BCUT2D eigenvalue weighted by Gasteiger charge is 2.17. The number of aromatic nitrogens is 1. The van der Waals surface area contributed by atoms with E-state index in [0.717, 1.165) is 12.0 Å². The molecule has 128 valence electrons. The molecule has 0 bridgehead atoms. The number of nitriles is 1. The van der Waals surface area contributed by atoms with Crippen LogP contribution in [0.15, 0.2) is 42.6 Å². The molecule has 0 spiro atoms. The van der Waals surface area contributed by atoms with E-state index in [1.165, 1.54) is 25.4 Å². The highest BCUT2D eigenvalue weighted by Crippen LogP contribution is 2.12. The van der Waals surface area contributed by atoms with E-state index in [4.69, 9.17) is 5.26 Å². The van der Waals surface area contributed by atoms with E-state index >= 15 is 0 Å². The van der Waals surface area contributed by atoms with Gasteiger partial charge in [-0.25, -0.2) is 4.79 Å². The summed E-state index contributed by atoms with van der Waals surface area (Å²) in [7, 11) is 1.29. The lowest BCUT2D eigenvalue weighted by atomic mass is 10.1. The largest absolute Gasteiger partial charge is 0.465 e. The van der Waals surface area contributed by atoms with Gasteiger partial charge < -0.3 is 9.64 Å². The molecule has 0 radical (unpaired) electrons. The van der Waals surface area contributed by atoms with Crippen LogP contribution in [0, 0.1) is 11.3 Å². The third kappa shape index (κ3) is 4.64. The fraction of sp³-hybridized carbons (Fsp3) is 0.263. The van der Waals surface area contributed by atoms with Crippen molar-refractivity contribution in [2.75, 3.05) is 13.7 Å². The molecule has 1 heterocycles. The van der Waals surface area contributed by atoms with Crippen LogP contribution in [-0.4, -0.2) is 35.4 Å². The SMILES string of the molecule is CCCN(Cc1ccc(C#N)cc1)C(=O)c1ccc(C(=O)OC)cn1. The van der Waals surface area contributed by atoms with Gasteiger partial charge in [0.1, 0.15) is 5.69 Å². The van der Waals surface area contributed by atoms with E-state index in [9.17, 15) is 9.59 Å². The van der Waals surface area contributed by atoms with E-state index in [-0.39, 0.29) is 11.6 Å². The molecule has 2 aromatic rings. The Morgan fingerprint density at radius 3 is 2.44 bits per heavy atom. The summed E-state index contributed by atoms with van der Waals surface area (Å²) >= 11 is 0. The molecule has 0 fully saturated rings. The molecule has 0 saturated heterocycles. The molecule has 1 amide bonds. The number of hydrogen-bond acceptors (Lipinski definition) is 5. The molecular weight excluding hydrogens is 318 g/mol. The van der Waals surface area contributed by atoms with Gasteiger partial charge in [-0.05, 0) is 36.2 Å². The fourth-order valence-corrected chi connectivity index (χ4v) is 2.35. The van der Waals surface area contributed by atoms with Crippen LogP contribution >= 0.6 is 0 Å². The lowest BCUT2D eigenvalue weighted by Gasteiger charge is -2.22. The van der Waals surface area contributed by atoms with Gasteiger partial charge in [0, 0.05) is 19.3 Å². The number of nitrogens with zero attached hydrogens (tertiary/aromatic N) is 3. The Morgan fingerprint density at radius 2 is 1.92 bits per heavy atom. The summed E-state index contributed by atoms with van der Waals surface area (Å²) in [5.41, 5.74) is 2.09. The maximum Gasteiger partial charge on any atom is 0.339 e. The molecule has 0 aliphatic carbocycles. The third-order valence-corrected chi connectivity index (χ3v) is 3.64. The number of rotatable bonds is 6. The van der Waals surface area contributed by atoms with Gasteiger partial charge in [-0.15, -0.1) is 0 Å². The van der Waals surface area contributed by atoms with Crippen molar-refractivity contribution in [1.82, 2.24) is 9.88 Å². The van der Waals surface area contributed by atoms with Crippen molar-refractivity contribution in [2.45, 2.75) is 19.9 Å². The maximum atomic E-state index is 12.7. The fourth-order valence-electron chi connectivity index (χ4n) is 2.35. The van der Waals surface area contributed by atoms with Crippen molar-refractivity contribution >= 4 is 11.9 Å². The molecule has 0 saturated carbocycles. The standard InChI is InChI=1S/C19H19N3O3/c1-3-10-22(13-15-6-4-14(11-20)5-7-15)18(23)17-9-8-16(12-21-17)19(24)25-2/h4-9,12H,3,10,13H2,1-2H3. The van der Waals surface area contributed by atoms with E-state index in [1.807, 2.05) is 19.1 Å². The highest BCUT2D eigenvalue weighted by molar-refractivity contribution is 5.94. The summed E-state index contributed by atoms with van der Waals surface area (Å²) in [4.78, 5) is 29.9. The number of ether oxygens (including phenoxy) is 1. The maximum absolute atomic E-state index is 12.7. The van der Waals surface area contributed by atoms with Crippen molar-refractivity contribution in [3.63, 3.8) is 0 Å². The van der Waals surface area contributed by atoms with Crippen molar-refractivity contribution < 1.29 is 14.3 Å². The van der Waals surface area contributed by atoms with Crippen LogP contribution in [0.4, 0.5) is 0 Å². The Kier molecular flexibility index (Phi) is 6.24. The lowest BCUT2D eigenvalue weighted by molar-refractivity contribution is 0.0599. The number of methoxy groups -OCH3 is 1. The molecule has 0 aliphatic heterocycles. The van der Waals surface area contributed by atoms with Crippen LogP contribution in [0.3, 0.4) is 0 Å². The van der Waals surface area contributed by atoms with Crippen molar-refractivity contribution in [3.8, 4) is 6.07 Å². The average Bonchev–Trinajstić information content (AvgIpc) is 2.67. The van der Waals surface area contributed by atoms with Crippen LogP contribution in [0.5, 0.6) is 0 Å². The molecule has 0 aliphatic rings. The number of pyridine rings is 1. The Balaban J connectivity index is 2.16.